The number of nitrogens with one attached hydrogen (secondary N) is 1. The topological polar surface area (TPSA) is 67.2 Å². The van der Waals surface area contributed by atoms with Gasteiger partial charge < -0.3 is 5.32 Å². The minimum absolute atomic E-state index is 0.163. The van der Waals surface area contributed by atoms with E-state index in [-0.39, 0.29) is 18.4 Å². The normalized spacial score (nSPS) is 17.5. The van der Waals surface area contributed by atoms with Crippen molar-refractivity contribution in [1.82, 2.24) is 15.1 Å². The highest BCUT2D eigenvalue weighted by Gasteiger charge is 2.48. The fourth-order valence-corrected chi connectivity index (χ4v) is 4.88. The summed E-state index contributed by atoms with van der Waals surface area (Å²) in [5.74, 6) is -1.09. The van der Waals surface area contributed by atoms with Gasteiger partial charge in [0.2, 0.25) is 5.91 Å². The predicted molar refractivity (Wildman–Crippen MR) is 130 cm³/mol. The van der Waals surface area contributed by atoms with Crippen molar-refractivity contribution in [2.75, 3.05) is 4.90 Å². The molecule has 3 heterocycles. The van der Waals surface area contributed by atoms with Gasteiger partial charge in [0.15, 0.2) is 0 Å². The third kappa shape index (κ3) is 3.90. The Kier molecular flexibility index (Phi) is 5.53. The minimum atomic E-state index is -1.27. The van der Waals surface area contributed by atoms with Crippen molar-refractivity contribution in [2.24, 2.45) is 0 Å². The average molecular weight is 475 g/mol. The number of thiophene rings is 1. The van der Waals surface area contributed by atoms with Gasteiger partial charge in [0.25, 0.3) is 5.91 Å². The molecule has 0 saturated heterocycles. The van der Waals surface area contributed by atoms with Crippen molar-refractivity contribution in [3.05, 3.63) is 94.7 Å². The molecule has 6 nitrogen and oxygen atoms in total. The number of fused-ring (bicyclic) bond motifs is 1. The van der Waals surface area contributed by atoms with Gasteiger partial charge in [-0.25, -0.2) is 4.39 Å². The van der Waals surface area contributed by atoms with Crippen LogP contribution in [0.5, 0.6) is 0 Å². The number of nitrogens with zero attached hydrogens (tertiary/aromatic N) is 3. The summed E-state index contributed by atoms with van der Waals surface area (Å²) >= 11 is 1.53. The molecule has 5 rings (SSSR count). The van der Waals surface area contributed by atoms with Gasteiger partial charge in [0.1, 0.15) is 22.7 Å². The summed E-state index contributed by atoms with van der Waals surface area (Å²) in [6.45, 7) is 4.21. The van der Waals surface area contributed by atoms with Crippen LogP contribution in [0.2, 0.25) is 0 Å². The van der Waals surface area contributed by atoms with Crippen molar-refractivity contribution >= 4 is 28.8 Å². The van der Waals surface area contributed by atoms with Gasteiger partial charge in [-0.15, -0.1) is 11.3 Å². The standard InChI is InChI=1S/C26H23FN4O2S/c1-17-5-7-18(8-6-17)15-28-25(33)26(2)16-30-22(14-21(29-30)23-4-3-13-34-23)24(32)31(26)20-11-9-19(27)10-12-20/h3-14H,15-16H2,1-2H3,(H,28,33)/t26-/m1/s1. The maximum atomic E-state index is 13.7. The SMILES string of the molecule is Cc1ccc(CNC(=O)[C@@]2(C)Cn3nc(-c4cccs4)cc3C(=O)N2c2ccc(F)cc2)cc1. The maximum Gasteiger partial charge on any atom is 0.277 e. The Morgan fingerprint density at radius 2 is 1.88 bits per heavy atom. The van der Waals surface area contributed by atoms with E-state index in [4.69, 9.17) is 0 Å². The second-order valence-electron chi connectivity index (χ2n) is 8.61. The zero-order valence-electron chi connectivity index (χ0n) is 18.8. The largest absolute Gasteiger partial charge is 0.350 e. The van der Waals surface area contributed by atoms with Crippen molar-refractivity contribution in [1.29, 1.82) is 0 Å². The van der Waals surface area contributed by atoms with E-state index in [1.54, 1.807) is 17.7 Å². The Morgan fingerprint density at radius 1 is 1.15 bits per heavy atom. The Labute approximate surface area is 200 Å². The van der Waals surface area contributed by atoms with Gasteiger partial charge in [0, 0.05) is 12.2 Å². The molecule has 2 aromatic carbocycles. The molecule has 8 heteroatoms. The number of hydrogen-bond acceptors (Lipinski definition) is 4. The number of aryl methyl sites for hydroxylation is 1. The van der Waals surface area contributed by atoms with E-state index in [1.807, 2.05) is 48.7 Å². The first-order valence-electron chi connectivity index (χ1n) is 10.9. The first-order chi connectivity index (χ1) is 16.3. The second-order valence-corrected chi connectivity index (χ2v) is 9.56. The smallest absolute Gasteiger partial charge is 0.277 e. The highest BCUT2D eigenvalue weighted by atomic mass is 32.1. The van der Waals surface area contributed by atoms with E-state index in [1.165, 1.54) is 40.5 Å². The molecule has 0 saturated carbocycles. The van der Waals surface area contributed by atoms with Crippen LogP contribution in [-0.4, -0.2) is 27.1 Å². The molecule has 0 spiro atoms. The number of anilines is 1. The quantitative estimate of drug-likeness (QED) is 0.452. The molecule has 0 fully saturated rings. The Hall–Kier alpha value is -3.78. The lowest BCUT2D eigenvalue weighted by Gasteiger charge is -2.43. The minimum Gasteiger partial charge on any atom is -0.350 e. The monoisotopic (exact) mass is 474 g/mol. The highest BCUT2D eigenvalue weighted by molar-refractivity contribution is 7.13. The number of aromatic nitrogens is 2. The molecule has 0 unspecified atom stereocenters. The van der Waals surface area contributed by atoms with Gasteiger partial charge in [-0.2, -0.15) is 5.10 Å². The summed E-state index contributed by atoms with van der Waals surface area (Å²) in [5.41, 5.74) is 2.33. The fraction of sp³-hybridized carbons (Fsp3) is 0.192. The Morgan fingerprint density at radius 3 is 2.56 bits per heavy atom. The summed E-state index contributed by atoms with van der Waals surface area (Å²) in [6, 6.07) is 19.1. The van der Waals surface area contributed by atoms with Crippen LogP contribution in [0.4, 0.5) is 10.1 Å². The summed E-state index contributed by atoms with van der Waals surface area (Å²) in [4.78, 5) is 29.7. The van der Waals surface area contributed by atoms with Crippen molar-refractivity contribution in [3.8, 4) is 10.6 Å². The third-order valence-electron chi connectivity index (χ3n) is 6.07. The van der Waals surface area contributed by atoms with Gasteiger partial charge in [-0.1, -0.05) is 35.9 Å². The van der Waals surface area contributed by atoms with Gasteiger partial charge in [-0.3, -0.25) is 19.2 Å². The van der Waals surface area contributed by atoms with E-state index in [9.17, 15) is 14.0 Å². The zero-order valence-corrected chi connectivity index (χ0v) is 19.6. The number of carbonyl (C=O) groups is 2. The van der Waals surface area contributed by atoms with Crippen LogP contribution in [0.15, 0.2) is 72.1 Å². The number of benzene rings is 2. The molecule has 1 aliphatic rings. The molecule has 1 aliphatic heterocycles. The molecule has 1 atom stereocenters. The molecule has 0 aliphatic carbocycles. The van der Waals surface area contributed by atoms with E-state index in [2.05, 4.69) is 10.4 Å². The predicted octanol–water partition coefficient (Wildman–Crippen LogP) is 4.79. The van der Waals surface area contributed by atoms with Crippen molar-refractivity contribution < 1.29 is 14.0 Å². The fourth-order valence-electron chi connectivity index (χ4n) is 4.20. The molecule has 34 heavy (non-hydrogen) atoms. The average Bonchev–Trinajstić information content (AvgIpc) is 3.50. The number of carbonyl (C=O) groups excluding carboxylic acids is 2. The summed E-state index contributed by atoms with van der Waals surface area (Å²) < 4.78 is 15.2. The number of hydrogen-bond donors (Lipinski definition) is 1. The van der Waals surface area contributed by atoms with Crippen LogP contribution in [0.3, 0.4) is 0 Å². The first kappa shape index (κ1) is 22.0. The Balaban J connectivity index is 1.52. The van der Waals surface area contributed by atoms with E-state index in [0.717, 1.165) is 16.0 Å². The lowest BCUT2D eigenvalue weighted by atomic mass is 9.93. The molecule has 172 valence electrons. The second kappa shape index (κ2) is 8.53. The summed E-state index contributed by atoms with van der Waals surface area (Å²) in [6.07, 6.45) is 0. The Bertz CT molecular complexity index is 1350. The van der Waals surface area contributed by atoms with E-state index >= 15 is 0 Å². The van der Waals surface area contributed by atoms with Crippen LogP contribution < -0.4 is 10.2 Å². The molecule has 4 aromatic rings. The van der Waals surface area contributed by atoms with Crippen LogP contribution in [0, 0.1) is 12.7 Å². The molecular formula is C26H23FN4O2S. The molecular weight excluding hydrogens is 451 g/mol. The lowest BCUT2D eigenvalue weighted by molar-refractivity contribution is -0.126. The van der Waals surface area contributed by atoms with Gasteiger partial charge in [-0.05, 0) is 61.2 Å². The number of rotatable bonds is 5. The van der Waals surface area contributed by atoms with Gasteiger partial charge in [0.05, 0.1) is 11.4 Å². The van der Waals surface area contributed by atoms with E-state index in [0.29, 0.717) is 23.6 Å². The summed E-state index contributed by atoms with van der Waals surface area (Å²) in [5, 5.41) is 9.56. The number of amides is 2. The van der Waals surface area contributed by atoms with Crippen LogP contribution in [0.25, 0.3) is 10.6 Å². The lowest BCUT2D eigenvalue weighted by Crippen LogP contribution is -2.64. The van der Waals surface area contributed by atoms with E-state index < -0.39 is 11.4 Å². The first-order valence-corrected chi connectivity index (χ1v) is 11.8. The number of halogens is 1. The molecule has 2 amide bonds. The zero-order chi connectivity index (χ0) is 23.9. The van der Waals surface area contributed by atoms with Crippen LogP contribution in [-0.2, 0) is 17.9 Å². The van der Waals surface area contributed by atoms with Crippen LogP contribution in [0.1, 0.15) is 28.5 Å². The van der Waals surface area contributed by atoms with Crippen molar-refractivity contribution in [3.63, 3.8) is 0 Å². The molecule has 0 radical (unpaired) electrons. The van der Waals surface area contributed by atoms with Crippen molar-refractivity contribution in [2.45, 2.75) is 32.5 Å². The van der Waals surface area contributed by atoms with Crippen LogP contribution >= 0.6 is 11.3 Å². The molecule has 1 N–H and O–H groups in total. The highest BCUT2D eigenvalue weighted by Crippen LogP contribution is 2.35. The molecule has 2 aromatic heterocycles. The molecule has 0 bridgehead atoms. The van der Waals surface area contributed by atoms with Gasteiger partial charge >= 0.3 is 0 Å². The summed E-state index contributed by atoms with van der Waals surface area (Å²) in [7, 11) is 0. The third-order valence-corrected chi connectivity index (χ3v) is 6.97. The maximum absolute atomic E-state index is 13.7.